The Morgan fingerprint density at radius 3 is 2.15 bits per heavy atom. The zero-order chi connectivity index (χ0) is 23.3. The zero-order valence-corrected chi connectivity index (χ0v) is 20.6. The van der Waals surface area contributed by atoms with Crippen molar-refractivity contribution in [3.05, 3.63) is 76.7 Å². The molecular weight excluding hydrogens is 464 g/mol. The number of ether oxygens (including phenoxy) is 1. The van der Waals surface area contributed by atoms with Crippen LogP contribution in [0.4, 0.5) is 0 Å². The van der Waals surface area contributed by atoms with Gasteiger partial charge in [0.1, 0.15) is 15.8 Å². The van der Waals surface area contributed by atoms with Crippen molar-refractivity contribution in [2.45, 2.75) is 13.0 Å². The molecule has 1 amide bonds. The molecule has 34 heavy (non-hydrogen) atoms. The summed E-state index contributed by atoms with van der Waals surface area (Å²) in [6.07, 6.45) is 0.362. The normalized spacial score (nSPS) is 14.3. The molecule has 6 nitrogen and oxygen atoms in total. The van der Waals surface area contributed by atoms with Crippen LogP contribution >= 0.6 is 22.7 Å². The third-order valence-electron chi connectivity index (χ3n) is 5.90. The maximum atomic E-state index is 12.8. The van der Waals surface area contributed by atoms with Gasteiger partial charge in [0.15, 0.2) is 0 Å². The van der Waals surface area contributed by atoms with Crippen LogP contribution in [0.5, 0.6) is 5.75 Å². The highest BCUT2D eigenvalue weighted by Gasteiger charge is 2.22. The summed E-state index contributed by atoms with van der Waals surface area (Å²) in [6, 6.07) is 18.1. The van der Waals surface area contributed by atoms with Crippen molar-refractivity contribution >= 4 is 28.6 Å². The lowest BCUT2D eigenvalue weighted by Crippen LogP contribution is -2.48. The fourth-order valence-corrected chi connectivity index (χ4v) is 5.64. The minimum absolute atomic E-state index is 0.153. The lowest BCUT2D eigenvalue weighted by Gasteiger charge is -2.34. The number of thiazole rings is 2. The standard InChI is InChI=1S/C26H26N4O2S2/c1-32-23-9-7-20(8-10-23)26-28-22(18-34-26)16-29-11-13-30(14-12-29)24(31)15-21-17-33-25(27-21)19-5-3-2-4-6-19/h2-10,17-18H,11-16H2,1H3. The van der Waals surface area contributed by atoms with Crippen LogP contribution < -0.4 is 4.74 Å². The van der Waals surface area contributed by atoms with E-state index in [0.717, 1.165) is 71.0 Å². The lowest BCUT2D eigenvalue weighted by atomic mass is 10.2. The molecule has 1 saturated heterocycles. The predicted molar refractivity (Wildman–Crippen MR) is 137 cm³/mol. The van der Waals surface area contributed by atoms with Gasteiger partial charge in [-0.05, 0) is 24.3 Å². The molecule has 0 saturated carbocycles. The summed E-state index contributed by atoms with van der Waals surface area (Å²) in [5.74, 6) is 0.999. The Hall–Kier alpha value is -3.07. The Bertz CT molecular complexity index is 1230. The summed E-state index contributed by atoms with van der Waals surface area (Å²) in [4.78, 5) is 26.7. The van der Waals surface area contributed by atoms with Gasteiger partial charge in [-0.1, -0.05) is 30.3 Å². The van der Waals surface area contributed by atoms with E-state index in [1.807, 2.05) is 64.9 Å². The third kappa shape index (κ3) is 5.35. The number of nitrogens with zero attached hydrogens (tertiary/aromatic N) is 4. The Morgan fingerprint density at radius 1 is 0.853 bits per heavy atom. The van der Waals surface area contributed by atoms with Gasteiger partial charge in [-0.15, -0.1) is 22.7 Å². The van der Waals surface area contributed by atoms with E-state index in [1.54, 1.807) is 29.8 Å². The van der Waals surface area contributed by atoms with E-state index < -0.39 is 0 Å². The molecule has 0 bridgehead atoms. The van der Waals surface area contributed by atoms with Crippen molar-refractivity contribution in [3.8, 4) is 26.9 Å². The lowest BCUT2D eigenvalue weighted by molar-refractivity contribution is -0.132. The Kier molecular flexibility index (Phi) is 6.99. The van der Waals surface area contributed by atoms with Crippen molar-refractivity contribution in [1.29, 1.82) is 0 Å². The van der Waals surface area contributed by atoms with E-state index >= 15 is 0 Å². The minimum Gasteiger partial charge on any atom is -0.497 e. The number of carbonyl (C=O) groups excluding carboxylic acids is 1. The van der Waals surface area contributed by atoms with Crippen molar-refractivity contribution in [2.24, 2.45) is 0 Å². The smallest absolute Gasteiger partial charge is 0.228 e. The van der Waals surface area contributed by atoms with E-state index in [9.17, 15) is 4.79 Å². The molecule has 1 aliphatic rings. The highest BCUT2D eigenvalue weighted by molar-refractivity contribution is 7.13. The molecule has 3 heterocycles. The molecule has 0 radical (unpaired) electrons. The molecule has 2 aromatic carbocycles. The van der Waals surface area contributed by atoms with Gasteiger partial charge in [-0.3, -0.25) is 9.69 Å². The first-order chi connectivity index (χ1) is 16.7. The van der Waals surface area contributed by atoms with E-state index in [0.29, 0.717) is 6.42 Å². The quantitative estimate of drug-likeness (QED) is 0.371. The van der Waals surface area contributed by atoms with E-state index in [4.69, 9.17) is 9.72 Å². The molecule has 0 atom stereocenters. The van der Waals surface area contributed by atoms with Crippen molar-refractivity contribution < 1.29 is 9.53 Å². The second kappa shape index (κ2) is 10.5. The number of hydrogen-bond acceptors (Lipinski definition) is 7. The van der Waals surface area contributed by atoms with Crippen LogP contribution in [-0.2, 0) is 17.8 Å². The fraction of sp³-hybridized carbons (Fsp3) is 0.269. The van der Waals surface area contributed by atoms with E-state index in [1.165, 1.54) is 0 Å². The topological polar surface area (TPSA) is 58.6 Å². The summed E-state index contributed by atoms with van der Waals surface area (Å²) in [6.45, 7) is 4.00. The second-order valence-corrected chi connectivity index (χ2v) is 9.93. The maximum absolute atomic E-state index is 12.8. The van der Waals surface area contributed by atoms with Crippen molar-refractivity contribution in [3.63, 3.8) is 0 Å². The van der Waals surface area contributed by atoms with Crippen LogP contribution in [0.3, 0.4) is 0 Å². The number of rotatable bonds is 7. The van der Waals surface area contributed by atoms with Crippen LogP contribution in [0.25, 0.3) is 21.1 Å². The van der Waals surface area contributed by atoms with Crippen LogP contribution in [-0.4, -0.2) is 59.0 Å². The average molecular weight is 491 g/mol. The van der Waals surface area contributed by atoms with Gasteiger partial charge in [-0.2, -0.15) is 0 Å². The highest BCUT2D eigenvalue weighted by atomic mass is 32.1. The van der Waals surface area contributed by atoms with Gasteiger partial charge < -0.3 is 9.64 Å². The number of methoxy groups -OCH3 is 1. The average Bonchev–Trinajstić information content (AvgIpc) is 3.55. The van der Waals surface area contributed by atoms with Gasteiger partial charge >= 0.3 is 0 Å². The molecular formula is C26H26N4O2S2. The molecule has 0 unspecified atom stereocenters. The molecule has 4 aromatic rings. The largest absolute Gasteiger partial charge is 0.497 e. The molecule has 0 N–H and O–H groups in total. The number of aromatic nitrogens is 2. The number of hydrogen-bond donors (Lipinski definition) is 0. The van der Waals surface area contributed by atoms with Gasteiger partial charge in [0.05, 0.1) is 24.9 Å². The van der Waals surface area contributed by atoms with Crippen LogP contribution in [0.2, 0.25) is 0 Å². The van der Waals surface area contributed by atoms with E-state index in [2.05, 4.69) is 15.3 Å². The second-order valence-electron chi connectivity index (χ2n) is 8.22. The zero-order valence-electron chi connectivity index (χ0n) is 19.0. The first-order valence-corrected chi connectivity index (χ1v) is 13.0. The Morgan fingerprint density at radius 2 is 1.47 bits per heavy atom. The Balaban J connectivity index is 1.11. The van der Waals surface area contributed by atoms with Gasteiger partial charge in [0.25, 0.3) is 0 Å². The van der Waals surface area contributed by atoms with Crippen LogP contribution in [0.1, 0.15) is 11.4 Å². The Labute approximate surface area is 207 Å². The monoisotopic (exact) mass is 490 g/mol. The van der Waals surface area contributed by atoms with Gasteiger partial charge in [0, 0.05) is 54.6 Å². The molecule has 1 fully saturated rings. The predicted octanol–water partition coefficient (Wildman–Crippen LogP) is 4.83. The molecule has 174 valence electrons. The molecule has 2 aromatic heterocycles. The van der Waals surface area contributed by atoms with Crippen LogP contribution in [0, 0.1) is 0 Å². The number of carbonyl (C=O) groups is 1. The summed E-state index contributed by atoms with van der Waals surface area (Å²) in [5, 5.41) is 6.11. The number of piperazine rings is 1. The first-order valence-electron chi connectivity index (χ1n) is 11.3. The summed E-state index contributed by atoms with van der Waals surface area (Å²) >= 11 is 3.26. The van der Waals surface area contributed by atoms with Crippen LogP contribution in [0.15, 0.2) is 65.4 Å². The van der Waals surface area contributed by atoms with Gasteiger partial charge in [0.2, 0.25) is 5.91 Å². The summed E-state index contributed by atoms with van der Waals surface area (Å²) < 4.78 is 5.23. The molecule has 0 aliphatic carbocycles. The maximum Gasteiger partial charge on any atom is 0.228 e. The number of amides is 1. The van der Waals surface area contributed by atoms with Crippen molar-refractivity contribution in [2.75, 3.05) is 33.3 Å². The first kappa shape index (κ1) is 22.7. The minimum atomic E-state index is 0.153. The molecule has 1 aliphatic heterocycles. The molecule has 0 spiro atoms. The summed E-state index contributed by atoms with van der Waals surface area (Å²) in [5.41, 5.74) is 4.12. The molecule has 8 heteroatoms. The fourth-order valence-electron chi connectivity index (χ4n) is 4.00. The highest BCUT2D eigenvalue weighted by Crippen LogP contribution is 2.27. The van der Waals surface area contributed by atoms with Gasteiger partial charge in [-0.25, -0.2) is 9.97 Å². The summed E-state index contributed by atoms with van der Waals surface area (Å²) in [7, 11) is 1.67. The SMILES string of the molecule is COc1ccc(-c2nc(CN3CCN(C(=O)Cc4csc(-c5ccccc5)n4)CC3)cs2)cc1. The third-order valence-corrected chi connectivity index (χ3v) is 7.78. The number of benzene rings is 2. The van der Waals surface area contributed by atoms with Crippen molar-refractivity contribution in [1.82, 2.24) is 19.8 Å². The molecule has 5 rings (SSSR count). The van der Waals surface area contributed by atoms with E-state index in [-0.39, 0.29) is 5.91 Å².